The van der Waals surface area contributed by atoms with Crippen LogP contribution < -0.4 is 15.4 Å². The van der Waals surface area contributed by atoms with Gasteiger partial charge in [0.25, 0.3) is 5.91 Å². The summed E-state index contributed by atoms with van der Waals surface area (Å²) in [6.07, 6.45) is 6.69. The fourth-order valence-electron chi connectivity index (χ4n) is 4.61. The molecule has 2 aromatic carbocycles. The number of aromatic nitrogens is 1. The minimum absolute atomic E-state index is 0.122. The number of thioether (sulfide) groups is 1. The summed E-state index contributed by atoms with van der Waals surface area (Å²) in [6.45, 7) is 1.66. The third-order valence-electron chi connectivity index (χ3n) is 7.08. The molecule has 208 valence electrons. The molecule has 1 aliphatic carbocycles. The zero-order chi connectivity index (χ0) is 28.2. The lowest BCUT2D eigenvalue weighted by Gasteiger charge is -2.25. The van der Waals surface area contributed by atoms with E-state index in [-0.39, 0.29) is 35.9 Å². The first kappa shape index (κ1) is 27.6. The van der Waals surface area contributed by atoms with E-state index < -0.39 is 11.9 Å². The van der Waals surface area contributed by atoms with Gasteiger partial charge in [-0.1, -0.05) is 24.3 Å². The van der Waals surface area contributed by atoms with Crippen molar-refractivity contribution in [1.29, 1.82) is 0 Å². The van der Waals surface area contributed by atoms with E-state index in [9.17, 15) is 18.8 Å². The Morgan fingerprint density at radius 2 is 2.00 bits per heavy atom. The normalized spacial score (nSPS) is 17.7. The van der Waals surface area contributed by atoms with Crippen LogP contribution in [0.25, 0.3) is 17.0 Å². The zero-order valence-electron chi connectivity index (χ0n) is 22.4. The van der Waals surface area contributed by atoms with E-state index in [0.29, 0.717) is 28.5 Å². The molecule has 3 amide bonds. The fraction of sp³-hybridized carbons (Fsp3) is 0.333. The highest BCUT2D eigenvalue weighted by Gasteiger charge is 2.35. The van der Waals surface area contributed by atoms with Crippen molar-refractivity contribution in [3.8, 4) is 5.75 Å². The number of amides is 3. The highest BCUT2D eigenvalue weighted by Crippen LogP contribution is 2.32. The van der Waals surface area contributed by atoms with Crippen LogP contribution in [0.4, 0.5) is 4.39 Å². The molecule has 2 atom stereocenters. The largest absolute Gasteiger partial charge is 0.497 e. The molecule has 1 saturated heterocycles. The van der Waals surface area contributed by atoms with Crippen molar-refractivity contribution in [3.63, 3.8) is 0 Å². The second kappa shape index (κ2) is 12.1. The molecular weight excluding hydrogens is 531 g/mol. The lowest BCUT2D eigenvalue weighted by molar-refractivity contribution is -0.137. The van der Waals surface area contributed by atoms with Gasteiger partial charge in [0.2, 0.25) is 11.8 Å². The lowest BCUT2D eigenvalue weighted by Crippen LogP contribution is -2.50. The second-order valence-electron chi connectivity index (χ2n) is 10.0. The number of nitrogens with zero attached hydrogens (tertiary/aromatic N) is 2. The number of carbonyl (C=O) groups excluding carboxylic acids is 3. The summed E-state index contributed by atoms with van der Waals surface area (Å²) in [6, 6.07) is 12.1. The molecule has 0 radical (unpaired) electrons. The average Bonchev–Trinajstić information content (AvgIpc) is 3.66. The number of allylic oxidation sites excluding steroid dienone is 1. The maximum atomic E-state index is 13.4. The van der Waals surface area contributed by atoms with Crippen molar-refractivity contribution in [3.05, 3.63) is 77.2 Å². The minimum atomic E-state index is -0.644. The van der Waals surface area contributed by atoms with E-state index in [2.05, 4.69) is 27.8 Å². The summed E-state index contributed by atoms with van der Waals surface area (Å²) >= 11 is 1.49. The number of fused-ring (bicyclic) bond motifs is 1. The Morgan fingerprint density at radius 3 is 2.77 bits per heavy atom. The molecule has 0 unspecified atom stereocenters. The van der Waals surface area contributed by atoms with E-state index in [1.807, 2.05) is 25.1 Å². The van der Waals surface area contributed by atoms with Crippen molar-refractivity contribution >= 4 is 46.5 Å². The van der Waals surface area contributed by atoms with Crippen LogP contribution in [0.2, 0.25) is 0 Å². The molecule has 2 fully saturated rings. The van der Waals surface area contributed by atoms with Crippen LogP contribution in [0, 0.1) is 11.7 Å². The molecule has 2 N–H and O–H groups in total. The van der Waals surface area contributed by atoms with Crippen molar-refractivity contribution in [2.24, 2.45) is 5.92 Å². The molecule has 5 rings (SSSR count). The van der Waals surface area contributed by atoms with Crippen molar-refractivity contribution < 1.29 is 23.5 Å². The highest BCUT2D eigenvalue weighted by atomic mass is 32.2. The van der Waals surface area contributed by atoms with Crippen molar-refractivity contribution in [2.75, 3.05) is 25.3 Å². The maximum Gasteiger partial charge on any atom is 0.270 e. The molecule has 2 aliphatic rings. The van der Waals surface area contributed by atoms with Crippen LogP contribution in [-0.4, -0.2) is 58.9 Å². The zero-order valence-corrected chi connectivity index (χ0v) is 23.2. The Hall–Kier alpha value is -3.92. The molecule has 1 saturated carbocycles. The summed E-state index contributed by atoms with van der Waals surface area (Å²) in [5.74, 6) is 0.685. The summed E-state index contributed by atoms with van der Waals surface area (Å²) in [5.41, 5.74) is 2.55. The van der Waals surface area contributed by atoms with E-state index in [0.717, 1.165) is 16.9 Å². The number of pyridine rings is 1. The van der Waals surface area contributed by atoms with Crippen LogP contribution in [0.1, 0.15) is 47.4 Å². The molecule has 1 aromatic heterocycles. The third-order valence-corrected chi connectivity index (χ3v) is 8.09. The summed E-state index contributed by atoms with van der Waals surface area (Å²) in [5, 5.41) is 6.24. The summed E-state index contributed by atoms with van der Waals surface area (Å²) < 4.78 is 18.8. The Bertz CT molecular complexity index is 1480. The number of hydrogen-bond acceptors (Lipinski definition) is 6. The topological polar surface area (TPSA) is 101 Å². The first-order valence-corrected chi connectivity index (χ1v) is 14.4. The standard InChI is InChI=1S/C30H31FN4O4S/c1-18(24-10-9-23(39-2)14-20(24)6-5-19-3-4-19)33-30(38)27-16-40-17-35(27)28(36)15-32-29(37)26-11-7-21-13-22(31)8-12-25(21)34-26/h5-14,18-19,27H,3-4,15-17H2,1-2H3,(H,32,37)(H,33,38)/b6-5+/t18-,27-/m0/s1. The number of benzene rings is 2. The van der Waals surface area contributed by atoms with Gasteiger partial charge in [0, 0.05) is 11.1 Å². The Labute approximate surface area is 236 Å². The first-order valence-electron chi connectivity index (χ1n) is 13.2. The third kappa shape index (κ3) is 6.44. The summed E-state index contributed by atoms with van der Waals surface area (Å²) in [4.78, 5) is 44.7. The molecule has 1 aliphatic heterocycles. The number of methoxy groups -OCH3 is 1. The Balaban J connectivity index is 1.20. The van der Waals surface area contributed by atoms with Crippen LogP contribution in [0.3, 0.4) is 0 Å². The molecule has 2 heterocycles. The Kier molecular flexibility index (Phi) is 8.35. The molecular formula is C30H31FN4O4S. The van der Waals surface area contributed by atoms with Crippen LogP contribution in [0.15, 0.2) is 54.6 Å². The second-order valence-corrected chi connectivity index (χ2v) is 11.0. The number of halogens is 1. The smallest absolute Gasteiger partial charge is 0.270 e. The number of hydrogen-bond donors (Lipinski definition) is 2. The van der Waals surface area contributed by atoms with Gasteiger partial charge in [0.15, 0.2) is 0 Å². The molecule has 8 nitrogen and oxygen atoms in total. The Morgan fingerprint density at radius 1 is 1.18 bits per heavy atom. The van der Waals surface area contributed by atoms with Crippen LogP contribution in [-0.2, 0) is 9.59 Å². The van der Waals surface area contributed by atoms with Crippen LogP contribution >= 0.6 is 11.8 Å². The molecule has 3 aromatic rings. The van der Waals surface area contributed by atoms with Gasteiger partial charge in [0.05, 0.1) is 31.1 Å². The van der Waals surface area contributed by atoms with E-state index in [1.165, 1.54) is 53.8 Å². The van der Waals surface area contributed by atoms with Gasteiger partial charge in [-0.3, -0.25) is 14.4 Å². The van der Waals surface area contributed by atoms with E-state index in [1.54, 1.807) is 13.2 Å². The molecule has 40 heavy (non-hydrogen) atoms. The van der Waals surface area contributed by atoms with Gasteiger partial charge in [0.1, 0.15) is 23.3 Å². The predicted octanol–water partition coefficient (Wildman–Crippen LogP) is 4.31. The van der Waals surface area contributed by atoms with E-state index in [4.69, 9.17) is 4.74 Å². The number of ether oxygens (including phenoxy) is 1. The SMILES string of the molecule is COc1ccc([C@H](C)NC(=O)[C@@H]2CSCN2C(=O)CNC(=O)c2ccc3cc(F)ccc3n2)c(/C=C/C2CC2)c1. The minimum Gasteiger partial charge on any atom is -0.497 e. The van der Waals surface area contributed by atoms with Gasteiger partial charge in [-0.25, -0.2) is 9.37 Å². The van der Waals surface area contributed by atoms with E-state index >= 15 is 0 Å². The lowest BCUT2D eigenvalue weighted by atomic mass is 9.99. The van der Waals surface area contributed by atoms with Crippen molar-refractivity contribution in [2.45, 2.75) is 31.8 Å². The van der Waals surface area contributed by atoms with Gasteiger partial charge in [-0.2, -0.15) is 0 Å². The molecule has 0 bridgehead atoms. The quantitative estimate of drug-likeness (QED) is 0.403. The number of carbonyl (C=O) groups is 3. The molecule has 10 heteroatoms. The maximum absolute atomic E-state index is 13.4. The van der Waals surface area contributed by atoms with Crippen molar-refractivity contribution in [1.82, 2.24) is 20.5 Å². The average molecular weight is 563 g/mol. The van der Waals surface area contributed by atoms with Gasteiger partial charge < -0.3 is 20.3 Å². The number of rotatable bonds is 9. The molecule has 0 spiro atoms. The van der Waals surface area contributed by atoms with Gasteiger partial charge in [-0.05, 0) is 73.2 Å². The van der Waals surface area contributed by atoms with Crippen LogP contribution in [0.5, 0.6) is 5.75 Å². The van der Waals surface area contributed by atoms with Gasteiger partial charge >= 0.3 is 0 Å². The van der Waals surface area contributed by atoms with Gasteiger partial charge in [-0.15, -0.1) is 11.8 Å². The summed E-state index contributed by atoms with van der Waals surface area (Å²) in [7, 11) is 1.63. The number of nitrogens with one attached hydrogen (secondary N) is 2. The fourth-order valence-corrected chi connectivity index (χ4v) is 5.79. The highest BCUT2D eigenvalue weighted by molar-refractivity contribution is 7.99. The first-order chi connectivity index (χ1) is 19.3. The predicted molar refractivity (Wildman–Crippen MR) is 153 cm³/mol. The monoisotopic (exact) mass is 562 g/mol.